The summed E-state index contributed by atoms with van der Waals surface area (Å²) in [5.74, 6) is 0.914. The SMILES string of the molecule is CC(=O)c1ccc(-c2ccccc2OCc2ccccc2)cc1. The highest BCUT2D eigenvalue weighted by molar-refractivity contribution is 5.94. The number of rotatable bonds is 5. The molecule has 0 unspecified atom stereocenters. The average Bonchev–Trinajstić information content (AvgIpc) is 2.61. The number of hydrogen-bond donors (Lipinski definition) is 0. The molecule has 0 N–H and O–H groups in total. The smallest absolute Gasteiger partial charge is 0.159 e. The molecule has 2 nitrogen and oxygen atoms in total. The zero-order chi connectivity index (χ0) is 16.1. The van der Waals surface area contributed by atoms with E-state index in [4.69, 9.17) is 4.74 Å². The first-order valence-corrected chi connectivity index (χ1v) is 7.61. The Bertz CT molecular complexity index is 790. The van der Waals surface area contributed by atoms with E-state index >= 15 is 0 Å². The fourth-order valence-electron chi connectivity index (χ4n) is 2.45. The van der Waals surface area contributed by atoms with Crippen molar-refractivity contribution in [3.63, 3.8) is 0 Å². The fourth-order valence-corrected chi connectivity index (χ4v) is 2.45. The molecule has 114 valence electrons. The van der Waals surface area contributed by atoms with Crippen molar-refractivity contribution in [2.45, 2.75) is 13.5 Å². The van der Waals surface area contributed by atoms with E-state index in [2.05, 4.69) is 0 Å². The van der Waals surface area contributed by atoms with E-state index in [0.29, 0.717) is 6.61 Å². The molecular formula is C21H18O2. The summed E-state index contributed by atoms with van der Waals surface area (Å²) in [4.78, 5) is 11.4. The third-order valence-electron chi connectivity index (χ3n) is 3.73. The van der Waals surface area contributed by atoms with Crippen LogP contribution in [0, 0.1) is 0 Å². The number of hydrogen-bond acceptors (Lipinski definition) is 2. The Morgan fingerprint density at radius 3 is 2.17 bits per heavy atom. The van der Waals surface area contributed by atoms with E-state index in [1.807, 2.05) is 78.9 Å². The molecule has 0 saturated heterocycles. The van der Waals surface area contributed by atoms with Crippen LogP contribution in [0.15, 0.2) is 78.9 Å². The van der Waals surface area contributed by atoms with Crippen LogP contribution in [-0.4, -0.2) is 5.78 Å². The van der Waals surface area contributed by atoms with Gasteiger partial charge in [-0.15, -0.1) is 0 Å². The van der Waals surface area contributed by atoms with Crippen LogP contribution in [0.2, 0.25) is 0 Å². The second kappa shape index (κ2) is 6.93. The summed E-state index contributed by atoms with van der Waals surface area (Å²) in [5, 5.41) is 0. The highest BCUT2D eigenvalue weighted by Crippen LogP contribution is 2.30. The van der Waals surface area contributed by atoms with Gasteiger partial charge in [0.1, 0.15) is 12.4 Å². The zero-order valence-electron chi connectivity index (χ0n) is 13.0. The van der Waals surface area contributed by atoms with Gasteiger partial charge in [0.2, 0.25) is 0 Å². The van der Waals surface area contributed by atoms with Crippen molar-refractivity contribution < 1.29 is 9.53 Å². The number of carbonyl (C=O) groups excluding carboxylic acids is 1. The molecule has 0 heterocycles. The highest BCUT2D eigenvalue weighted by Gasteiger charge is 2.07. The van der Waals surface area contributed by atoms with Crippen molar-refractivity contribution in [3.8, 4) is 16.9 Å². The van der Waals surface area contributed by atoms with Gasteiger partial charge in [-0.05, 0) is 24.1 Å². The first kappa shape index (κ1) is 15.0. The molecule has 0 bridgehead atoms. The summed E-state index contributed by atoms with van der Waals surface area (Å²) in [7, 11) is 0. The van der Waals surface area contributed by atoms with Gasteiger partial charge >= 0.3 is 0 Å². The highest BCUT2D eigenvalue weighted by atomic mass is 16.5. The van der Waals surface area contributed by atoms with Gasteiger partial charge in [-0.3, -0.25) is 4.79 Å². The van der Waals surface area contributed by atoms with Crippen LogP contribution in [0.5, 0.6) is 5.75 Å². The van der Waals surface area contributed by atoms with Crippen molar-refractivity contribution in [1.82, 2.24) is 0 Å². The number of Topliss-reactive ketones (excluding diaryl/α,β-unsaturated/α-hetero) is 1. The predicted octanol–water partition coefficient (Wildman–Crippen LogP) is 5.14. The summed E-state index contributed by atoms with van der Waals surface area (Å²) in [5.41, 5.74) is 3.92. The molecule has 0 aliphatic carbocycles. The molecule has 3 rings (SSSR count). The molecule has 0 aliphatic heterocycles. The first-order chi connectivity index (χ1) is 11.2. The van der Waals surface area contributed by atoms with Crippen LogP contribution >= 0.6 is 0 Å². The molecule has 0 fully saturated rings. The van der Waals surface area contributed by atoms with Crippen LogP contribution < -0.4 is 4.74 Å². The molecule has 0 aromatic heterocycles. The van der Waals surface area contributed by atoms with E-state index in [-0.39, 0.29) is 5.78 Å². The molecule has 0 spiro atoms. The van der Waals surface area contributed by atoms with Crippen molar-refractivity contribution in [1.29, 1.82) is 0 Å². The molecule has 0 aliphatic rings. The standard InChI is InChI=1S/C21H18O2/c1-16(22)18-11-13-19(14-12-18)20-9-5-6-10-21(20)23-15-17-7-3-2-4-8-17/h2-14H,15H2,1H3. The van der Waals surface area contributed by atoms with Gasteiger partial charge in [-0.25, -0.2) is 0 Å². The summed E-state index contributed by atoms with van der Waals surface area (Å²) in [6.07, 6.45) is 0. The third-order valence-corrected chi connectivity index (χ3v) is 3.73. The predicted molar refractivity (Wildman–Crippen MR) is 92.7 cm³/mol. The Kier molecular flexibility index (Phi) is 4.53. The molecular weight excluding hydrogens is 284 g/mol. The number of para-hydroxylation sites is 1. The fraction of sp³-hybridized carbons (Fsp3) is 0.0952. The van der Waals surface area contributed by atoms with Gasteiger partial charge in [0.05, 0.1) is 0 Å². The second-order valence-corrected chi connectivity index (χ2v) is 5.40. The van der Waals surface area contributed by atoms with Gasteiger partial charge in [-0.2, -0.15) is 0 Å². The number of ketones is 1. The maximum Gasteiger partial charge on any atom is 0.159 e. The summed E-state index contributed by atoms with van der Waals surface area (Å²) >= 11 is 0. The minimum Gasteiger partial charge on any atom is -0.488 e. The van der Waals surface area contributed by atoms with Crippen molar-refractivity contribution >= 4 is 5.78 Å². The van der Waals surface area contributed by atoms with Crippen molar-refractivity contribution in [2.75, 3.05) is 0 Å². The Balaban J connectivity index is 1.84. The number of benzene rings is 3. The quantitative estimate of drug-likeness (QED) is 0.610. The van der Waals surface area contributed by atoms with E-state index in [1.165, 1.54) is 0 Å². The molecule has 23 heavy (non-hydrogen) atoms. The monoisotopic (exact) mass is 302 g/mol. The maximum atomic E-state index is 11.4. The summed E-state index contributed by atoms with van der Waals surface area (Å²) < 4.78 is 5.99. The summed E-state index contributed by atoms with van der Waals surface area (Å²) in [6, 6.07) is 25.7. The Morgan fingerprint density at radius 1 is 0.826 bits per heavy atom. The van der Waals surface area contributed by atoms with E-state index in [0.717, 1.165) is 28.0 Å². The lowest BCUT2D eigenvalue weighted by atomic mass is 10.0. The van der Waals surface area contributed by atoms with E-state index < -0.39 is 0 Å². The van der Waals surface area contributed by atoms with Crippen LogP contribution in [0.3, 0.4) is 0 Å². The molecule has 0 saturated carbocycles. The zero-order valence-corrected chi connectivity index (χ0v) is 13.0. The largest absolute Gasteiger partial charge is 0.488 e. The lowest BCUT2D eigenvalue weighted by Gasteiger charge is -2.12. The van der Waals surface area contributed by atoms with Gasteiger partial charge < -0.3 is 4.74 Å². The molecule has 0 atom stereocenters. The minimum absolute atomic E-state index is 0.0742. The van der Waals surface area contributed by atoms with Crippen LogP contribution in [0.25, 0.3) is 11.1 Å². The average molecular weight is 302 g/mol. The Hall–Kier alpha value is -2.87. The number of ether oxygens (including phenoxy) is 1. The van der Waals surface area contributed by atoms with E-state index in [1.54, 1.807) is 6.92 Å². The Labute approximate surface area is 136 Å². The Morgan fingerprint density at radius 2 is 1.48 bits per heavy atom. The third kappa shape index (κ3) is 3.67. The van der Waals surface area contributed by atoms with Crippen molar-refractivity contribution in [3.05, 3.63) is 90.0 Å². The van der Waals surface area contributed by atoms with Gasteiger partial charge in [0.15, 0.2) is 5.78 Å². The maximum absolute atomic E-state index is 11.4. The second-order valence-electron chi connectivity index (χ2n) is 5.40. The van der Waals surface area contributed by atoms with Crippen LogP contribution in [-0.2, 0) is 6.61 Å². The van der Waals surface area contributed by atoms with Crippen LogP contribution in [0.4, 0.5) is 0 Å². The molecule has 2 heteroatoms. The van der Waals surface area contributed by atoms with Crippen molar-refractivity contribution in [2.24, 2.45) is 0 Å². The lowest BCUT2D eigenvalue weighted by molar-refractivity contribution is 0.101. The minimum atomic E-state index is 0.0742. The molecule has 0 radical (unpaired) electrons. The topological polar surface area (TPSA) is 26.3 Å². The van der Waals surface area contributed by atoms with Gasteiger partial charge in [-0.1, -0.05) is 72.8 Å². The van der Waals surface area contributed by atoms with Gasteiger partial charge in [0, 0.05) is 11.1 Å². The number of carbonyl (C=O) groups is 1. The molecule has 3 aromatic rings. The molecule has 3 aromatic carbocycles. The normalized spacial score (nSPS) is 10.3. The van der Waals surface area contributed by atoms with Gasteiger partial charge in [0.25, 0.3) is 0 Å². The van der Waals surface area contributed by atoms with Crippen LogP contribution in [0.1, 0.15) is 22.8 Å². The van der Waals surface area contributed by atoms with E-state index in [9.17, 15) is 4.79 Å². The summed E-state index contributed by atoms with van der Waals surface area (Å²) in [6.45, 7) is 2.11. The lowest BCUT2D eigenvalue weighted by Crippen LogP contribution is -1.97. The molecule has 0 amide bonds. The first-order valence-electron chi connectivity index (χ1n) is 7.61.